The van der Waals surface area contributed by atoms with Gasteiger partial charge in [0.1, 0.15) is 0 Å². The highest BCUT2D eigenvalue weighted by atomic mass is 16.3. The molecule has 1 N–H and O–H groups in total. The average Bonchev–Trinajstić information content (AvgIpc) is 2.76. The lowest BCUT2D eigenvalue weighted by Gasteiger charge is -2.58. The number of hydrogen-bond donors (Lipinski definition) is 1. The van der Waals surface area contributed by atoms with Crippen LogP contribution in [-0.4, -0.2) is 11.2 Å². The Morgan fingerprint density at radius 2 is 1.86 bits per heavy atom. The quantitative estimate of drug-likeness (QED) is 0.626. The first-order chi connectivity index (χ1) is 9.95. The molecule has 0 radical (unpaired) electrons. The predicted octanol–water partition coefficient (Wildman–Crippen LogP) is 4.95. The Kier molecular flexibility index (Phi) is 3.13. The zero-order valence-corrected chi connectivity index (χ0v) is 14.1. The molecule has 4 rings (SSSR count). The van der Waals surface area contributed by atoms with Crippen molar-refractivity contribution < 1.29 is 5.11 Å². The predicted molar refractivity (Wildman–Crippen MR) is 86.9 cm³/mol. The molecular formula is C20H32O. The third-order valence-corrected chi connectivity index (χ3v) is 8.55. The molecular weight excluding hydrogens is 256 g/mol. The molecule has 4 unspecified atom stereocenters. The van der Waals surface area contributed by atoms with Gasteiger partial charge in [-0.25, -0.2) is 0 Å². The fourth-order valence-electron chi connectivity index (χ4n) is 6.90. The number of hydrogen-bond acceptors (Lipinski definition) is 1. The van der Waals surface area contributed by atoms with E-state index in [1.165, 1.54) is 38.5 Å². The van der Waals surface area contributed by atoms with Crippen LogP contribution in [0.1, 0.15) is 72.1 Å². The number of allylic oxidation sites excluding steroid dienone is 1. The highest BCUT2D eigenvalue weighted by molar-refractivity contribution is 5.25. The Bertz CT molecular complexity index is 466. The van der Waals surface area contributed by atoms with E-state index in [0.717, 1.165) is 36.5 Å². The fourth-order valence-corrected chi connectivity index (χ4v) is 6.90. The van der Waals surface area contributed by atoms with Crippen molar-refractivity contribution >= 4 is 0 Å². The molecule has 1 heteroatoms. The van der Waals surface area contributed by atoms with E-state index in [1.807, 2.05) is 0 Å². The van der Waals surface area contributed by atoms with Crippen molar-refractivity contribution in [1.29, 1.82) is 0 Å². The first-order valence-electron chi connectivity index (χ1n) is 9.33. The SMILES string of the molecule is C[C@H]1CCC2C3CC=C4CC(O)CC[C@]4(C)C3CC[C@@]21C. The summed E-state index contributed by atoms with van der Waals surface area (Å²) in [7, 11) is 0. The molecule has 21 heavy (non-hydrogen) atoms. The van der Waals surface area contributed by atoms with Gasteiger partial charge < -0.3 is 5.11 Å². The lowest BCUT2D eigenvalue weighted by atomic mass is 9.47. The standard InChI is InChI=1S/C20H32O/c1-13-4-7-17-16-6-5-14-12-15(21)8-10-20(14,3)18(16)9-11-19(13,17)2/h5,13,15-18,21H,4,6-12H2,1-3H3/t13-,15?,16?,17?,18?,19+,20-/m0/s1. The minimum absolute atomic E-state index is 0.0683. The summed E-state index contributed by atoms with van der Waals surface area (Å²) >= 11 is 0. The van der Waals surface area contributed by atoms with Crippen molar-refractivity contribution in [3.63, 3.8) is 0 Å². The Morgan fingerprint density at radius 3 is 2.67 bits per heavy atom. The molecule has 4 aliphatic carbocycles. The molecule has 3 saturated carbocycles. The van der Waals surface area contributed by atoms with Gasteiger partial charge >= 0.3 is 0 Å². The highest BCUT2D eigenvalue weighted by Gasteiger charge is 2.57. The minimum atomic E-state index is -0.0683. The Labute approximate surface area is 130 Å². The van der Waals surface area contributed by atoms with E-state index in [1.54, 1.807) is 5.57 Å². The topological polar surface area (TPSA) is 20.2 Å². The largest absolute Gasteiger partial charge is 0.393 e. The van der Waals surface area contributed by atoms with Gasteiger partial charge in [-0.05, 0) is 85.9 Å². The van der Waals surface area contributed by atoms with Gasteiger partial charge in [-0.2, -0.15) is 0 Å². The van der Waals surface area contributed by atoms with E-state index < -0.39 is 0 Å². The van der Waals surface area contributed by atoms with E-state index in [4.69, 9.17) is 0 Å². The molecule has 0 amide bonds. The van der Waals surface area contributed by atoms with Gasteiger partial charge in [-0.1, -0.05) is 32.4 Å². The van der Waals surface area contributed by atoms with Crippen LogP contribution >= 0.6 is 0 Å². The van der Waals surface area contributed by atoms with Crippen LogP contribution in [0, 0.1) is 34.5 Å². The Hall–Kier alpha value is -0.300. The van der Waals surface area contributed by atoms with Crippen molar-refractivity contribution in [1.82, 2.24) is 0 Å². The second-order valence-corrected chi connectivity index (χ2v) is 9.18. The highest BCUT2D eigenvalue weighted by Crippen LogP contribution is 2.66. The van der Waals surface area contributed by atoms with Crippen molar-refractivity contribution in [2.75, 3.05) is 0 Å². The molecule has 118 valence electrons. The Balaban J connectivity index is 1.68. The van der Waals surface area contributed by atoms with Crippen LogP contribution in [0.4, 0.5) is 0 Å². The molecule has 0 bridgehead atoms. The van der Waals surface area contributed by atoms with Crippen molar-refractivity contribution in [2.24, 2.45) is 34.5 Å². The second-order valence-electron chi connectivity index (χ2n) is 9.18. The van der Waals surface area contributed by atoms with Gasteiger partial charge in [-0.15, -0.1) is 0 Å². The van der Waals surface area contributed by atoms with E-state index >= 15 is 0 Å². The minimum Gasteiger partial charge on any atom is -0.393 e. The molecule has 0 aromatic rings. The molecule has 0 saturated heterocycles. The van der Waals surface area contributed by atoms with E-state index in [9.17, 15) is 5.11 Å². The summed E-state index contributed by atoms with van der Waals surface area (Å²) in [5.41, 5.74) is 2.64. The van der Waals surface area contributed by atoms with Crippen LogP contribution < -0.4 is 0 Å². The lowest BCUT2D eigenvalue weighted by molar-refractivity contribution is -0.0474. The first kappa shape index (κ1) is 14.3. The summed E-state index contributed by atoms with van der Waals surface area (Å²) in [6, 6.07) is 0. The fraction of sp³-hybridized carbons (Fsp3) is 0.900. The van der Waals surface area contributed by atoms with E-state index in [0.29, 0.717) is 10.8 Å². The monoisotopic (exact) mass is 288 g/mol. The van der Waals surface area contributed by atoms with Crippen molar-refractivity contribution in [2.45, 2.75) is 78.2 Å². The summed E-state index contributed by atoms with van der Waals surface area (Å²) < 4.78 is 0. The number of aliphatic hydroxyl groups excluding tert-OH is 1. The Morgan fingerprint density at radius 1 is 1.05 bits per heavy atom. The number of aliphatic hydroxyl groups is 1. The van der Waals surface area contributed by atoms with Gasteiger partial charge in [0.15, 0.2) is 0 Å². The molecule has 3 fully saturated rings. The average molecular weight is 288 g/mol. The van der Waals surface area contributed by atoms with E-state index in [2.05, 4.69) is 26.8 Å². The van der Waals surface area contributed by atoms with E-state index in [-0.39, 0.29) is 6.10 Å². The van der Waals surface area contributed by atoms with Crippen LogP contribution in [0.5, 0.6) is 0 Å². The molecule has 1 nitrogen and oxygen atoms in total. The second kappa shape index (κ2) is 4.60. The molecule has 0 aromatic heterocycles. The van der Waals surface area contributed by atoms with Crippen LogP contribution in [0.15, 0.2) is 11.6 Å². The van der Waals surface area contributed by atoms with Crippen molar-refractivity contribution in [3.8, 4) is 0 Å². The third-order valence-electron chi connectivity index (χ3n) is 8.55. The zero-order chi connectivity index (χ0) is 14.8. The van der Waals surface area contributed by atoms with Crippen LogP contribution in [0.2, 0.25) is 0 Å². The summed E-state index contributed by atoms with van der Waals surface area (Å²) in [4.78, 5) is 0. The number of fused-ring (bicyclic) bond motifs is 5. The van der Waals surface area contributed by atoms with Gasteiger partial charge in [0.25, 0.3) is 0 Å². The zero-order valence-electron chi connectivity index (χ0n) is 14.1. The van der Waals surface area contributed by atoms with Crippen LogP contribution in [-0.2, 0) is 0 Å². The lowest BCUT2D eigenvalue weighted by Crippen LogP contribution is -2.50. The first-order valence-corrected chi connectivity index (χ1v) is 9.33. The number of rotatable bonds is 0. The summed E-state index contributed by atoms with van der Waals surface area (Å²) in [6.45, 7) is 7.63. The smallest absolute Gasteiger partial charge is 0.0577 e. The molecule has 4 aliphatic rings. The maximum Gasteiger partial charge on any atom is 0.0577 e. The van der Waals surface area contributed by atoms with Crippen LogP contribution in [0.3, 0.4) is 0 Å². The normalized spacial score (nSPS) is 56.2. The van der Waals surface area contributed by atoms with Crippen molar-refractivity contribution in [3.05, 3.63) is 11.6 Å². The third kappa shape index (κ3) is 1.85. The summed E-state index contributed by atoms with van der Waals surface area (Å²) in [5, 5.41) is 10.0. The van der Waals surface area contributed by atoms with Gasteiger partial charge in [0, 0.05) is 0 Å². The van der Waals surface area contributed by atoms with Gasteiger partial charge in [0.2, 0.25) is 0 Å². The maximum atomic E-state index is 10.0. The molecule has 0 aliphatic heterocycles. The molecule has 0 aromatic carbocycles. The van der Waals surface area contributed by atoms with Gasteiger partial charge in [-0.3, -0.25) is 0 Å². The van der Waals surface area contributed by atoms with Crippen LogP contribution in [0.25, 0.3) is 0 Å². The molecule has 0 spiro atoms. The molecule has 0 heterocycles. The maximum absolute atomic E-state index is 10.0. The summed E-state index contributed by atoms with van der Waals surface area (Å²) in [6.07, 6.45) is 12.8. The summed E-state index contributed by atoms with van der Waals surface area (Å²) in [5.74, 6) is 3.72. The van der Waals surface area contributed by atoms with Gasteiger partial charge in [0.05, 0.1) is 6.10 Å². The molecule has 7 atom stereocenters.